The molecule has 22 heavy (non-hydrogen) atoms. The van der Waals surface area contributed by atoms with Crippen LogP contribution in [-0.4, -0.2) is 12.2 Å². The highest BCUT2D eigenvalue weighted by Crippen LogP contribution is 2.32. The summed E-state index contributed by atoms with van der Waals surface area (Å²) in [7, 11) is 1.98. The normalized spacial score (nSPS) is 10.7. The Morgan fingerprint density at radius 2 is 1.55 bits per heavy atom. The fourth-order valence-electron chi connectivity index (χ4n) is 2.90. The van der Waals surface area contributed by atoms with E-state index >= 15 is 0 Å². The third kappa shape index (κ3) is 2.62. The number of anilines is 2. The lowest BCUT2D eigenvalue weighted by Crippen LogP contribution is -2.07. The second kappa shape index (κ2) is 5.68. The van der Waals surface area contributed by atoms with Gasteiger partial charge in [0.1, 0.15) is 5.69 Å². The molecule has 112 valence electrons. The van der Waals surface area contributed by atoms with E-state index in [1.807, 2.05) is 48.3 Å². The molecule has 2 aromatic carbocycles. The highest BCUT2D eigenvalue weighted by molar-refractivity contribution is 5.71. The average Bonchev–Trinajstić information content (AvgIpc) is 2.96. The summed E-state index contributed by atoms with van der Waals surface area (Å²) in [5.74, 6) is 0.737. The van der Waals surface area contributed by atoms with Crippen LogP contribution in [0.3, 0.4) is 0 Å². The van der Waals surface area contributed by atoms with Crippen molar-refractivity contribution in [2.45, 2.75) is 20.8 Å². The van der Waals surface area contributed by atoms with Gasteiger partial charge in [-0.25, -0.2) is 0 Å². The Kier molecular flexibility index (Phi) is 3.72. The predicted molar refractivity (Wildman–Crippen MR) is 90.7 cm³/mol. The summed E-state index contributed by atoms with van der Waals surface area (Å²) in [6, 6.07) is 16.5. The standard InChI is InChI=1S/C19H20N2O/c1-13-10-14(2)19(15(3)11-13)17-12-18(22-20-17)21(4)16-8-6-5-7-9-16/h5-12H,1-4H3. The van der Waals surface area contributed by atoms with Crippen LogP contribution in [-0.2, 0) is 0 Å². The van der Waals surface area contributed by atoms with Gasteiger partial charge in [-0.05, 0) is 44.0 Å². The van der Waals surface area contributed by atoms with Gasteiger partial charge >= 0.3 is 0 Å². The highest BCUT2D eigenvalue weighted by Gasteiger charge is 2.15. The lowest BCUT2D eigenvalue weighted by atomic mass is 9.97. The van der Waals surface area contributed by atoms with E-state index in [2.05, 4.69) is 38.1 Å². The molecule has 0 fully saturated rings. The summed E-state index contributed by atoms with van der Waals surface area (Å²) in [6.07, 6.45) is 0. The zero-order valence-electron chi connectivity index (χ0n) is 13.4. The van der Waals surface area contributed by atoms with Crippen molar-refractivity contribution >= 4 is 11.6 Å². The van der Waals surface area contributed by atoms with Crippen molar-refractivity contribution in [3.63, 3.8) is 0 Å². The smallest absolute Gasteiger partial charge is 0.232 e. The van der Waals surface area contributed by atoms with E-state index in [1.54, 1.807) is 0 Å². The third-order valence-corrected chi connectivity index (χ3v) is 3.90. The molecular weight excluding hydrogens is 272 g/mol. The van der Waals surface area contributed by atoms with Gasteiger partial charge in [0.25, 0.3) is 0 Å². The fourth-order valence-corrected chi connectivity index (χ4v) is 2.90. The van der Waals surface area contributed by atoms with E-state index in [9.17, 15) is 0 Å². The van der Waals surface area contributed by atoms with Crippen molar-refractivity contribution in [1.29, 1.82) is 0 Å². The van der Waals surface area contributed by atoms with E-state index < -0.39 is 0 Å². The maximum absolute atomic E-state index is 5.55. The molecule has 3 rings (SSSR count). The van der Waals surface area contributed by atoms with Crippen LogP contribution < -0.4 is 4.90 Å². The molecule has 0 radical (unpaired) electrons. The Morgan fingerprint density at radius 3 is 2.18 bits per heavy atom. The molecule has 0 spiro atoms. The molecule has 0 aliphatic carbocycles. The summed E-state index contributed by atoms with van der Waals surface area (Å²) in [4.78, 5) is 2.00. The Morgan fingerprint density at radius 1 is 0.909 bits per heavy atom. The topological polar surface area (TPSA) is 29.3 Å². The number of rotatable bonds is 3. The second-order valence-corrected chi connectivity index (χ2v) is 5.72. The van der Waals surface area contributed by atoms with Crippen LogP contribution in [0, 0.1) is 20.8 Å². The minimum atomic E-state index is 0.737. The van der Waals surface area contributed by atoms with Crippen LogP contribution in [0.1, 0.15) is 16.7 Å². The Balaban J connectivity index is 1.98. The van der Waals surface area contributed by atoms with Gasteiger partial charge in [-0.3, -0.25) is 0 Å². The Bertz CT molecular complexity index is 767. The third-order valence-electron chi connectivity index (χ3n) is 3.90. The SMILES string of the molecule is Cc1cc(C)c(-c2cc(N(C)c3ccccc3)on2)c(C)c1. The summed E-state index contributed by atoms with van der Waals surface area (Å²) in [6.45, 7) is 6.34. The lowest BCUT2D eigenvalue weighted by Gasteiger charge is -2.14. The molecule has 1 aromatic heterocycles. The molecule has 1 heterocycles. The molecule has 0 amide bonds. The first-order valence-corrected chi connectivity index (χ1v) is 7.40. The fraction of sp³-hybridized carbons (Fsp3) is 0.211. The molecule has 3 heteroatoms. The maximum Gasteiger partial charge on any atom is 0.232 e. The number of nitrogens with zero attached hydrogens (tertiary/aromatic N) is 2. The van der Waals surface area contributed by atoms with Gasteiger partial charge in [0.15, 0.2) is 0 Å². The molecule has 0 atom stereocenters. The summed E-state index contributed by atoms with van der Waals surface area (Å²) < 4.78 is 5.55. The first-order chi connectivity index (χ1) is 10.6. The minimum absolute atomic E-state index is 0.737. The average molecular weight is 292 g/mol. The van der Waals surface area contributed by atoms with Crippen LogP contribution in [0.5, 0.6) is 0 Å². The molecule has 3 aromatic rings. The predicted octanol–water partition coefficient (Wildman–Crippen LogP) is 5.03. The first-order valence-electron chi connectivity index (χ1n) is 7.40. The number of hydrogen-bond acceptors (Lipinski definition) is 3. The molecule has 0 saturated carbocycles. The number of benzene rings is 2. The van der Waals surface area contributed by atoms with Crippen LogP contribution in [0.4, 0.5) is 11.6 Å². The molecule has 0 bridgehead atoms. The van der Waals surface area contributed by atoms with Gasteiger partial charge in [-0.2, -0.15) is 0 Å². The van der Waals surface area contributed by atoms with E-state index in [-0.39, 0.29) is 0 Å². The van der Waals surface area contributed by atoms with Gasteiger partial charge in [-0.1, -0.05) is 41.1 Å². The molecule has 0 unspecified atom stereocenters. The van der Waals surface area contributed by atoms with E-state index in [0.29, 0.717) is 0 Å². The molecule has 0 saturated heterocycles. The summed E-state index contributed by atoms with van der Waals surface area (Å²) >= 11 is 0. The maximum atomic E-state index is 5.55. The molecule has 0 aliphatic heterocycles. The number of aryl methyl sites for hydroxylation is 3. The van der Waals surface area contributed by atoms with Gasteiger partial charge in [0.05, 0.1) is 0 Å². The lowest BCUT2D eigenvalue weighted by molar-refractivity contribution is 0.429. The van der Waals surface area contributed by atoms with Crippen molar-refractivity contribution in [2.75, 3.05) is 11.9 Å². The second-order valence-electron chi connectivity index (χ2n) is 5.72. The van der Waals surface area contributed by atoms with Crippen molar-refractivity contribution in [2.24, 2.45) is 0 Å². The van der Waals surface area contributed by atoms with E-state index in [0.717, 1.165) is 22.8 Å². The molecule has 3 nitrogen and oxygen atoms in total. The van der Waals surface area contributed by atoms with Crippen molar-refractivity contribution < 1.29 is 4.52 Å². The van der Waals surface area contributed by atoms with Crippen LogP contribution in [0.2, 0.25) is 0 Å². The monoisotopic (exact) mass is 292 g/mol. The molecule has 0 N–H and O–H groups in total. The Hall–Kier alpha value is -2.55. The van der Waals surface area contributed by atoms with Gasteiger partial charge < -0.3 is 9.42 Å². The minimum Gasteiger partial charge on any atom is -0.338 e. The van der Waals surface area contributed by atoms with Crippen molar-refractivity contribution in [3.05, 3.63) is 65.2 Å². The zero-order chi connectivity index (χ0) is 15.7. The van der Waals surface area contributed by atoms with Gasteiger partial charge in [-0.15, -0.1) is 0 Å². The number of aromatic nitrogens is 1. The molecular formula is C19H20N2O. The quantitative estimate of drug-likeness (QED) is 0.677. The van der Waals surface area contributed by atoms with E-state index in [1.165, 1.54) is 16.7 Å². The summed E-state index contributed by atoms with van der Waals surface area (Å²) in [5, 5.41) is 4.27. The summed E-state index contributed by atoms with van der Waals surface area (Å²) in [5.41, 5.74) is 6.82. The van der Waals surface area contributed by atoms with Gasteiger partial charge in [0.2, 0.25) is 5.88 Å². The van der Waals surface area contributed by atoms with Crippen LogP contribution in [0.25, 0.3) is 11.3 Å². The van der Waals surface area contributed by atoms with Crippen LogP contribution in [0.15, 0.2) is 53.1 Å². The number of para-hydroxylation sites is 1. The van der Waals surface area contributed by atoms with Crippen molar-refractivity contribution in [3.8, 4) is 11.3 Å². The first kappa shape index (κ1) is 14.4. The Labute approximate surface area is 131 Å². The van der Waals surface area contributed by atoms with Crippen LogP contribution >= 0.6 is 0 Å². The van der Waals surface area contributed by atoms with Gasteiger partial charge in [0, 0.05) is 24.4 Å². The van der Waals surface area contributed by atoms with E-state index in [4.69, 9.17) is 4.52 Å². The number of hydrogen-bond donors (Lipinski definition) is 0. The molecule has 0 aliphatic rings. The largest absolute Gasteiger partial charge is 0.338 e. The zero-order valence-corrected chi connectivity index (χ0v) is 13.4. The van der Waals surface area contributed by atoms with Crippen molar-refractivity contribution in [1.82, 2.24) is 5.16 Å². The highest BCUT2D eigenvalue weighted by atomic mass is 16.5.